The zero-order chi connectivity index (χ0) is 35.7. The fourth-order valence-corrected chi connectivity index (χ4v) is 8.65. The Morgan fingerprint density at radius 1 is 0.788 bits per heavy atom. The molecule has 2 aliphatic carbocycles. The lowest BCUT2D eigenvalue weighted by Gasteiger charge is -2.14. The van der Waals surface area contributed by atoms with E-state index in [2.05, 4.69) is 102 Å². The lowest BCUT2D eigenvalue weighted by molar-refractivity contribution is 0.691. The van der Waals surface area contributed by atoms with Gasteiger partial charge in [0.25, 0.3) is 0 Å². The van der Waals surface area contributed by atoms with Crippen LogP contribution in [0.5, 0.6) is 0 Å². The predicted molar refractivity (Wildman–Crippen MR) is 206 cm³/mol. The summed E-state index contributed by atoms with van der Waals surface area (Å²) in [7, 11) is 0. The maximum Gasteiger partial charge on any atom is 0.177 e. The van der Waals surface area contributed by atoms with Crippen molar-refractivity contribution < 1.29 is 0 Å². The summed E-state index contributed by atoms with van der Waals surface area (Å²) in [5, 5.41) is 9.98. The third-order valence-corrected chi connectivity index (χ3v) is 12.0. The average Bonchev–Trinajstić information content (AvgIpc) is 3.95. The van der Waals surface area contributed by atoms with Crippen molar-refractivity contribution in [2.24, 2.45) is 0 Å². The van der Waals surface area contributed by atoms with Crippen LogP contribution in [0.4, 0.5) is 0 Å². The van der Waals surface area contributed by atoms with E-state index in [9.17, 15) is 0 Å². The zero-order valence-electron chi connectivity index (χ0n) is 30.3. The molecular weight excluding hydrogens is 763 g/mol. The van der Waals surface area contributed by atoms with Gasteiger partial charge in [-0.2, -0.15) is 10.2 Å². The van der Waals surface area contributed by atoms with E-state index < -0.39 is 0 Å². The van der Waals surface area contributed by atoms with Crippen LogP contribution in [0.25, 0.3) is 33.8 Å². The maximum absolute atomic E-state index is 5.38. The Morgan fingerprint density at radius 3 is 2.37 bits per heavy atom. The molecule has 2 fully saturated rings. The topological polar surface area (TPSA) is 121 Å². The van der Waals surface area contributed by atoms with Gasteiger partial charge in [-0.25, -0.2) is 34.0 Å². The number of imidazole rings is 2. The molecule has 10 rings (SSSR count). The molecule has 0 amide bonds. The molecule has 0 bridgehead atoms. The number of fused-ring (bicyclic) bond motifs is 4. The summed E-state index contributed by atoms with van der Waals surface area (Å²) in [6, 6.07) is 6.49. The third kappa shape index (κ3) is 4.83. The molecule has 0 radical (unpaired) electrons. The molecule has 12 nitrogen and oxygen atoms in total. The van der Waals surface area contributed by atoms with Crippen molar-refractivity contribution in [3.05, 3.63) is 103 Å². The molecule has 2 saturated carbocycles. The van der Waals surface area contributed by atoms with Gasteiger partial charge in [0.05, 0.1) is 39.9 Å². The molecule has 8 heterocycles. The van der Waals surface area contributed by atoms with E-state index in [0.29, 0.717) is 18.3 Å². The number of pyridine rings is 2. The summed E-state index contributed by atoms with van der Waals surface area (Å²) in [5.74, 6) is 2.84. The molecule has 0 aromatic carbocycles. The van der Waals surface area contributed by atoms with Crippen LogP contribution >= 0.6 is 22.6 Å². The molecule has 52 heavy (non-hydrogen) atoms. The predicted octanol–water partition coefficient (Wildman–Crippen LogP) is 7.47. The van der Waals surface area contributed by atoms with Crippen molar-refractivity contribution in [1.29, 1.82) is 0 Å². The molecule has 3 unspecified atom stereocenters. The molecule has 8 aromatic heterocycles. The lowest BCUT2D eigenvalue weighted by Crippen LogP contribution is -2.05. The minimum atomic E-state index is 0.132. The van der Waals surface area contributed by atoms with Crippen molar-refractivity contribution >= 4 is 45.2 Å². The first kappa shape index (κ1) is 31.9. The second-order valence-electron chi connectivity index (χ2n) is 15.0. The Hall–Kier alpha value is -4.79. The van der Waals surface area contributed by atoms with Gasteiger partial charge in [-0.3, -0.25) is 4.98 Å². The first-order valence-electron chi connectivity index (χ1n) is 18.1. The number of hydrogen-bond donors (Lipinski definition) is 0. The Kier molecular flexibility index (Phi) is 6.97. The second-order valence-corrected chi connectivity index (χ2v) is 16.2. The summed E-state index contributed by atoms with van der Waals surface area (Å²) in [4.78, 5) is 30.0. The van der Waals surface area contributed by atoms with Crippen molar-refractivity contribution in [3.63, 3.8) is 0 Å². The smallest absolute Gasteiger partial charge is 0.177 e. The van der Waals surface area contributed by atoms with E-state index >= 15 is 0 Å². The summed E-state index contributed by atoms with van der Waals surface area (Å²) in [6.07, 6.45) is 10.1. The molecule has 0 spiro atoms. The first-order valence-corrected chi connectivity index (χ1v) is 19.2. The number of aryl methyl sites for hydroxylation is 6. The largest absolute Gasteiger partial charge is 0.304 e. The van der Waals surface area contributed by atoms with Gasteiger partial charge in [0.15, 0.2) is 22.9 Å². The Morgan fingerprint density at radius 2 is 1.58 bits per heavy atom. The van der Waals surface area contributed by atoms with Gasteiger partial charge in [0.1, 0.15) is 11.3 Å². The first-order chi connectivity index (χ1) is 25.0. The number of hydrogen-bond acceptors (Lipinski definition) is 8. The van der Waals surface area contributed by atoms with Gasteiger partial charge in [-0.15, -0.1) is 0 Å². The van der Waals surface area contributed by atoms with Crippen molar-refractivity contribution in [2.75, 3.05) is 0 Å². The second kappa shape index (κ2) is 11.4. The van der Waals surface area contributed by atoms with Gasteiger partial charge < -0.3 is 8.80 Å². The molecule has 0 aliphatic heterocycles. The van der Waals surface area contributed by atoms with Crippen LogP contribution in [0.1, 0.15) is 113 Å². The standard InChI is InChI=1S/C39H39IN12/c1-18(14-30-43-37-20(3)41-17-19(2)51(37)47-30)33-22(5)50-13-11-27(32(25-8-9-25)39(50)45-33)35-24(7)52-38(21(4)42-35)46-36(48-52)29-16-28(29)34-23(6)49-12-10-26(40)15-31(49)44-34/h10-13,15,17-18,25,28-29H,8-9,14,16H2,1-7H3. The molecule has 8 aromatic rings. The Labute approximate surface area is 313 Å². The van der Waals surface area contributed by atoms with Crippen LogP contribution < -0.4 is 0 Å². The van der Waals surface area contributed by atoms with Gasteiger partial charge in [0, 0.05) is 68.9 Å². The van der Waals surface area contributed by atoms with Crippen LogP contribution in [-0.2, 0) is 6.42 Å². The van der Waals surface area contributed by atoms with Gasteiger partial charge in [-0.05, 0) is 108 Å². The summed E-state index contributed by atoms with van der Waals surface area (Å²) in [5.41, 5.74) is 15.3. The normalized spacial score (nSPS) is 18.1. The monoisotopic (exact) mass is 802 g/mol. The Bertz CT molecular complexity index is 2740. The van der Waals surface area contributed by atoms with E-state index in [1.807, 2.05) is 29.1 Å². The number of halogens is 1. The van der Waals surface area contributed by atoms with Crippen LogP contribution in [0.2, 0.25) is 0 Å². The van der Waals surface area contributed by atoms with E-state index in [4.69, 9.17) is 35.1 Å². The van der Waals surface area contributed by atoms with E-state index in [0.717, 1.165) is 105 Å². The summed E-state index contributed by atoms with van der Waals surface area (Å²) < 4.78 is 9.56. The van der Waals surface area contributed by atoms with Crippen molar-refractivity contribution in [2.45, 2.75) is 97.8 Å². The van der Waals surface area contributed by atoms with Crippen LogP contribution in [-0.4, -0.2) is 57.9 Å². The molecule has 262 valence electrons. The number of aromatic nitrogens is 12. The van der Waals surface area contributed by atoms with Crippen LogP contribution in [0.3, 0.4) is 0 Å². The molecular formula is C39H39IN12. The Balaban J connectivity index is 1.01. The minimum absolute atomic E-state index is 0.132. The molecule has 3 atom stereocenters. The minimum Gasteiger partial charge on any atom is -0.304 e. The molecule has 2 aliphatic rings. The average molecular weight is 803 g/mol. The fourth-order valence-electron chi connectivity index (χ4n) is 8.21. The van der Waals surface area contributed by atoms with E-state index in [-0.39, 0.29) is 11.8 Å². The summed E-state index contributed by atoms with van der Waals surface area (Å²) in [6.45, 7) is 14.7. The number of nitrogens with zero attached hydrogens (tertiary/aromatic N) is 12. The maximum atomic E-state index is 5.38. The fraction of sp³-hybridized carbons (Fsp3) is 0.385. The lowest BCUT2D eigenvalue weighted by atomic mass is 10.0. The highest BCUT2D eigenvalue weighted by atomic mass is 127. The number of rotatable bonds is 7. The van der Waals surface area contributed by atoms with Gasteiger partial charge in [-0.1, -0.05) is 6.92 Å². The van der Waals surface area contributed by atoms with Crippen LogP contribution in [0, 0.1) is 45.1 Å². The van der Waals surface area contributed by atoms with Crippen molar-refractivity contribution in [1.82, 2.24) is 57.9 Å². The highest BCUT2D eigenvalue weighted by molar-refractivity contribution is 14.1. The summed E-state index contributed by atoms with van der Waals surface area (Å²) >= 11 is 2.35. The molecule has 0 N–H and O–H groups in total. The molecule has 13 heteroatoms. The highest BCUT2D eigenvalue weighted by Gasteiger charge is 2.45. The quantitative estimate of drug-likeness (QED) is 0.152. The third-order valence-electron chi connectivity index (χ3n) is 11.3. The van der Waals surface area contributed by atoms with Crippen molar-refractivity contribution in [3.8, 4) is 11.3 Å². The van der Waals surface area contributed by atoms with E-state index in [1.165, 1.54) is 14.8 Å². The SMILES string of the molecule is Cc1ncc(C)n2nc(CC(C)c3nc4c(C5CC5)c(-c5nc(C)c6nc(C7CC7c7nc8cc(I)ccn8c7C)nn6c5C)ccn4c3C)nc12. The highest BCUT2D eigenvalue weighted by Crippen LogP contribution is 2.54. The van der Waals surface area contributed by atoms with Gasteiger partial charge >= 0.3 is 0 Å². The van der Waals surface area contributed by atoms with Crippen LogP contribution in [0.15, 0.2) is 36.8 Å². The zero-order valence-corrected chi connectivity index (χ0v) is 32.5. The van der Waals surface area contributed by atoms with E-state index in [1.54, 1.807) is 0 Å². The van der Waals surface area contributed by atoms with Gasteiger partial charge in [0.2, 0.25) is 0 Å². The molecule has 0 saturated heterocycles.